The molecule has 2 heterocycles. The summed E-state index contributed by atoms with van der Waals surface area (Å²) in [5.74, 6) is 3.29. The van der Waals surface area contributed by atoms with Crippen molar-refractivity contribution in [2.75, 3.05) is 32.7 Å². The van der Waals surface area contributed by atoms with Crippen molar-refractivity contribution in [1.82, 2.24) is 10.6 Å². The summed E-state index contributed by atoms with van der Waals surface area (Å²) in [5, 5.41) is 16.5. The number of hydrogen-bond acceptors (Lipinski definition) is 9. The van der Waals surface area contributed by atoms with Crippen molar-refractivity contribution in [2.45, 2.75) is 122 Å². The molecule has 2 aromatic carbocycles. The molecule has 8 atom stereocenters. The number of hydrogen-bond donors (Lipinski definition) is 3. The van der Waals surface area contributed by atoms with Crippen molar-refractivity contribution in [3.63, 3.8) is 0 Å². The number of fused-ring (bicyclic) bond motifs is 2. The molecule has 6 aliphatic rings. The van der Waals surface area contributed by atoms with E-state index in [2.05, 4.69) is 24.5 Å². The fraction of sp³-hybridized carbons (Fsp3) is 0.682. The first-order valence-electron chi connectivity index (χ1n) is 20.8. The molecule has 4 saturated carbocycles. The Kier molecular flexibility index (Phi) is 20.0. The Labute approximate surface area is 385 Å². The molecule has 0 spiro atoms. The van der Waals surface area contributed by atoms with Gasteiger partial charge in [-0.3, -0.25) is 13.8 Å². The van der Waals surface area contributed by atoms with Gasteiger partial charge in [-0.1, -0.05) is 44.5 Å². The minimum absolute atomic E-state index is 0. The summed E-state index contributed by atoms with van der Waals surface area (Å²) < 4.78 is 44.2. The number of carbonyl (C=O) groups is 2. The van der Waals surface area contributed by atoms with Gasteiger partial charge in [0.2, 0.25) is 0 Å². The van der Waals surface area contributed by atoms with Crippen LogP contribution in [0.4, 0.5) is 0 Å². The van der Waals surface area contributed by atoms with E-state index in [0.717, 1.165) is 109 Å². The Morgan fingerprint density at radius 2 is 1.08 bits per heavy atom. The van der Waals surface area contributed by atoms with Crippen LogP contribution in [0.1, 0.15) is 108 Å². The van der Waals surface area contributed by atoms with Crippen molar-refractivity contribution < 1.29 is 72.5 Å². The molecule has 2 saturated heterocycles. The van der Waals surface area contributed by atoms with Crippen LogP contribution in [0.25, 0.3) is 0 Å². The Morgan fingerprint density at radius 1 is 0.712 bits per heavy atom. The molecular weight excluding hydrogens is 826 g/mol. The van der Waals surface area contributed by atoms with Gasteiger partial charge in [-0.2, -0.15) is 8.42 Å². The summed E-state index contributed by atoms with van der Waals surface area (Å²) in [6, 6.07) is 14.3. The van der Waals surface area contributed by atoms with Crippen LogP contribution in [0.2, 0.25) is 10.0 Å². The fourth-order valence-electron chi connectivity index (χ4n) is 9.73. The third kappa shape index (κ3) is 14.6. The minimum Gasteiger partial charge on any atom is -1.00 e. The molecule has 2 aliphatic heterocycles. The number of aliphatic hydroxyl groups excluding tert-OH is 1. The van der Waals surface area contributed by atoms with Gasteiger partial charge in [0.1, 0.15) is 0 Å². The van der Waals surface area contributed by atoms with E-state index in [-0.39, 0.29) is 74.5 Å². The van der Waals surface area contributed by atoms with Crippen LogP contribution in [0.15, 0.2) is 48.5 Å². The van der Waals surface area contributed by atoms with E-state index in [9.17, 15) is 18.0 Å². The van der Waals surface area contributed by atoms with E-state index in [1.54, 1.807) is 48.5 Å². The summed E-state index contributed by atoms with van der Waals surface area (Å²) in [5.41, 5.74) is 1.28. The average Bonchev–Trinajstić information content (AvgIpc) is 3.91. The summed E-state index contributed by atoms with van der Waals surface area (Å²) in [4.78, 5) is 24.9. The number of aliphatic hydroxyl groups is 1. The molecular formula is C44H65Cl2N2NaO9S. The van der Waals surface area contributed by atoms with Crippen molar-refractivity contribution in [2.24, 2.45) is 35.5 Å². The van der Waals surface area contributed by atoms with Gasteiger partial charge in [0.15, 0.2) is 0 Å². The van der Waals surface area contributed by atoms with Crippen LogP contribution in [-0.2, 0) is 28.5 Å². The van der Waals surface area contributed by atoms with Gasteiger partial charge >= 0.3 is 29.6 Å². The standard InChI is InChI=1S/C21H28ClNO3.C17H22ClNO4S.C5H10O2.CH4.Na.H/c1-2-19(23-21(24)13-3-5-14(22)6-4-13)20-17-11-16(12-18(17)20)26-15-7-9-25-10-8-15;1-3-15(19-17(20)10-4-6-11(18)7-5-10)16-13-8-12(9-14(13)16)23-24(2,21)22;6-5-1-3-7-4-2-5;;;/h3-6,15-20H,2,7-12H2,1H3,(H,23,24);4-7,12-16H,3,8-9H2,1-2H3,(H,19,20);5-6H,1-4H2;1H4;;/q;;;;+1;-1/t;12?,13-,14+,15?,16?;;;;. The third-order valence-corrected chi connectivity index (χ3v) is 13.8. The second-order valence-corrected chi connectivity index (χ2v) is 19.1. The number of rotatable bonds is 12. The van der Waals surface area contributed by atoms with Crippen LogP contribution < -0.4 is 40.2 Å². The predicted molar refractivity (Wildman–Crippen MR) is 228 cm³/mol. The van der Waals surface area contributed by atoms with Crippen LogP contribution in [-0.4, -0.2) is 94.5 Å². The Bertz CT molecular complexity index is 1710. The molecule has 8 rings (SSSR count). The van der Waals surface area contributed by atoms with Crippen LogP contribution in [0, 0.1) is 35.5 Å². The normalized spacial score (nSPS) is 29.3. The zero-order chi connectivity index (χ0) is 40.7. The number of halogens is 2. The smallest absolute Gasteiger partial charge is 1.00 e. The maximum atomic E-state index is 12.5. The fourth-order valence-corrected chi connectivity index (χ4v) is 10.6. The number of amides is 2. The number of benzene rings is 2. The molecule has 2 amide bonds. The van der Waals surface area contributed by atoms with Crippen molar-refractivity contribution in [3.05, 3.63) is 69.7 Å². The van der Waals surface area contributed by atoms with E-state index < -0.39 is 10.1 Å². The summed E-state index contributed by atoms with van der Waals surface area (Å²) >= 11 is 11.8. The number of carbonyl (C=O) groups excluding carboxylic acids is 2. The second kappa shape index (κ2) is 23.4. The third-order valence-electron chi connectivity index (χ3n) is 12.6. The molecule has 6 unspecified atom stereocenters. The molecule has 59 heavy (non-hydrogen) atoms. The number of nitrogens with one attached hydrogen (secondary N) is 2. The molecule has 0 radical (unpaired) electrons. The first-order valence-corrected chi connectivity index (χ1v) is 23.4. The molecule has 326 valence electrons. The maximum Gasteiger partial charge on any atom is 1.00 e. The zero-order valence-electron chi connectivity index (χ0n) is 35.3. The molecule has 0 bridgehead atoms. The first kappa shape index (κ1) is 50.4. The van der Waals surface area contributed by atoms with Gasteiger partial charge in [-0.25, -0.2) is 0 Å². The van der Waals surface area contributed by atoms with Crippen LogP contribution >= 0.6 is 23.2 Å². The molecule has 15 heteroatoms. The minimum atomic E-state index is -3.39. The van der Waals surface area contributed by atoms with E-state index in [1.807, 2.05) is 0 Å². The van der Waals surface area contributed by atoms with Gasteiger partial charge in [0.25, 0.3) is 21.9 Å². The summed E-state index contributed by atoms with van der Waals surface area (Å²) in [6.07, 6.45) is 11.0. The first-order chi connectivity index (χ1) is 27.3. The molecule has 0 aromatic heterocycles. The molecule has 4 aliphatic carbocycles. The van der Waals surface area contributed by atoms with E-state index >= 15 is 0 Å². The zero-order valence-corrected chi connectivity index (χ0v) is 38.7. The van der Waals surface area contributed by atoms with Gasteiger partial charge in [-0.15, -0.1) is 0 Å². The quantitative estimate of drug-likeness (QED) is 0.202. The molecule has 3 N–H and O–H groups in total. The largest absolute Gasteiger partial charge is 1.00 e. The molecule has 6 fully saturated rings. The molecule has 11 nitrogen and oxygen atoms in total. The predicted octanol–water partition coefficient (Wildman–Crippen LogP) is 4.83. The molecule has 2 aromatic rings. The summed E-state index contributed by atoms with van der Waals surface area (Å²) in [7, 11) is -3.39. The van der Waals surface area contributed by atoms with Crippen molar-refractivity contribution in [1.29, 1.82) is 0 Å². The topological polar surface area (TPSA) is 149 Å². The van der Waals surface area contributed by atoms with Gasteiger partial charge in [0.05, 0.1) is 30.7 Å². The Balaban J connectivity index is 0.000000265. The van der Waals surface area contributed by atoms with Gasteiger partial charge in [0, 0.05) is 59.7 Å². The van der Waals surface area contributed by atoms with Gasteiger partial charge < -0.3 is 31.4 Å². The Hall–Kier alpha value is -1.29. The van der Waals surface area contributed by atoms with E-state index in [1.165, 1.54) is 0 Å². The second-order valence-electron chi connectivity index (χ2n) is 16.6. The van der Waals surface area contributed by atoms with E-state index in [0.29, 0.717) is 57.1 Å². The van der Waals surface area contributed by atoms with Crippen LogP contribution in [0.5, 0.6) is 0 Å². The van der Waals surface area contributed by atoms with Crippen molar-refractivity contribution in [3.8, 4) is 0 Å². The average molecular weight is 892 g/mol. The maximum absolute atomic E-state index is 12.5. The van der Waals surface area contributed by atoms with Crippen LogP contribution in [0.3, 0.4) is 0 Å². The SMILES string of the molecule is C.CCC(NC(=O)c1ccc(Cl)cc1)C1C2CC(OC3CCOCC3)CC21.CCC(NC(=O)c1ccc(Cl)cc1)C1[C@H]2CC(OS(C)(=O)=O)C[C@@H]12.OC1CCOCC1.[H-].[Na+]. The van der Waals surface area contributed by atoms with Gasteiger partial charge in [-0.05, 0) is 148 Å². The summed E-state index contributed by atoms with van der Waals surface area (Å²) in [6.45, 7) is 7.37. The van der Waals surface area contributed by atoms with Crippen molar-refractivity contribution >= 4 is 45.1 Å². The Morgan fingerprint density at radius 3 is 1.42 bits per heavy atom. The monoisotopic (exact) mass is 890 g/mol. The van der Waals surface area contributed by atoms with E-state index in [4.69, 9.17) is 46.7 Å². The number of ether oxygens (including phenoxy) is 3.